The van der Waals surface area contributed by atoms with Crippen molar-refractivity contribution in [1.29, 1.82) is 0 Å². The van der Waals surface area contributed by atoms with Gasteiger partial charge in [-0.3, -0.25) is 43.2 Å². The summed E-state index contributed by atoms with van der Waals surface area (Å²) < 4.78 is 0. The molecule has 12 rings (SSSR count). The molecule has 0 spiro atoms. The number of benzene rings is 6. The SMILES string of the molecule is N[C@@H](CO)C(=O)N[C@@H](CO)C(=O)N[C@@H](CO)C(=O)N[C@@H](Cc1c[nH]c2ccccc12)C(=O)N[C@@H](Cc1c[nH]c2ccccc12)C(=O)N[C@@H](CO)C(=O)N[C@@H](Cc1c[nH]c2ccccc12)C(=O)N[C@@H](Cc1c[nH]c2ccccc12)C(=O)N[C@@H](Cc1c[nH]c2ccccc12)C(=O)N[C@@H](Cc1c[nH]c2ccccc12)C(=O)O. The normalized spacial score (nSPS) is 14.3. The van der Waals surface area contributed by atoms with Crippen LogP contribution in [0.2, 0.25) is 0 Å². The highest BCUT2D eigenvalue weighted by molar-refractivity contribution is 6.01. The molecule has 0 radical (unpaired) electrons. The van der Waals surface area contributed by atoms with Gasteiger partial charge in [-0.25, -0.2) is 4.79 Å². The van der Waals surface area contributed by atoms with Crippen molar-refractivity contribution in [3.63, 3.8) is 0 Å². The molecule has 0 fully saturated rings. The minimum atomic E-state index is -1.88. The Bertz CT molecular complexity index is 5320. The van der Waals surface area contributed by atoms with E-state index in [1.54, 1.807) is 128 Å². The van der Waals surface area contributed by atoms with Crippen LogP contribution in [0.25, 0.3) is 65.4 Å². The van der Waals surface area contributed by atoms with Gasteiger partial charge in [0.2, 0.25) is 53.2 Å². The number of hydrogen-bond acceptors (Lipinski definition) is 15. The van der Waals surface area contributed by atoms with E-state index >= 15 is 24.0 Å². The van der Waals surface area contributed by atoms with Crippen molar-refractivity contribution in [2.24, 2.45) is 5.73 Å². The summed E-state index contributed by atoms with van der Waals surface area (Å²) in [6.45, 7) is -3.96. The number of para-hydroxylation sites is 6. The van der Waals surface area contributed by atoms with E-state index in [1.165, 1.54) is 0 Å². The van der Waals surface area contributed by atoms with Gasteiger partial charge in [-0.2, -0.15) is 0 Å². The van der Waals surface area contributed by atoms with Crippen molar-refractivity contribution in [3.8, 4) is 0 Å². The Labute approximate surface area is 620 Å². The average Bonchev–Trinajstić information content (AvgIpc) is 1.67. The number of hydrogen-bond donors (Lipinski definition) is 21. The molecule has 0 saturated carbocycles. The highest BCUT2D eigenvalue weighted by atomic mass is 16.4. The third kappa shape index (κ3) is 17.8. The smallest absolute Gasteiger partial charge is 0.326 e. The molecule has 10 atom stereocenters. The Morgan fingerprint density at radius 3 is 0.633 bits per heavy atom. The Balaban J connectivity index is 0.832. The van der Waals surface area contributed by atoms with Gasteiger partial charge in [-0.05, 0) is 69.8 Å². The van der Waals surface area contributed by atoms with Crippen LogP contribution in [-0.4, -0.2) is 201 Å². The summed E-state index contributed by atoms with van der Waals surface area (Å²) in [7, 11) is 0. The third-order valence-corrected chi connectivity index (χ3v) is 19.4. The zero-order valence-corrected chi connectivity index (χ0v) is 58.6. The number of carbonyl (C=O) groups is 10. The van der Waals surface area contributed by atoms with Crippen molar-refractivity contribution < 1.29 is 73.5 Å². The van der Waals surface area contributed by atoms with Crippen LogP contribution >= 0.6 is 0 Å². The summed E-state index contributed by atoms with van der Waals surface area (Å²) in [5, 5.41) is 79.2. The molecule has 0 bridgehead atoms. The van der Waals surface area contributed by atoms with Crippen molar-refractivity contribution >= 4 is 125 Å². The second-order valence-electron chi connectivity index (χ2n) is 26.6. The molecule has 564 valence electrons. The van der Waals surface area contributed by atoms with Crippen LogP contribution in [0.15, 0.2) is 183 Å². The van der Waals surface area contributed by atoms with Crippen molar-refractivity contribution in [1.82, 2.24) is 77.8 Å². The Morgan fingerprint density at radius 2 is 0.431 bits per heavy atom. The first-order chi connectivity index (χ1) is 52.8. The number of carboxylic acids is 1. The molecule has 0 aliphatic rings. The fourth-order valence-corrected chi connectivity index (χ4v) is 13.5. The number of aliphatic hydroxyl groups is 4. The molecule has 6 heterocycles. The molecule has 22 N–H and O–H groups in total. The van der Waals surface area contributed by atoms with Crippen molar-refractivity contribution in [3.05, 3.63) is 216 Å². The molecule has 109 heavy (non-hydrogen) atoms. The van der Waals surface area contributed by atoms with E-state index < -0.39 is 146 Å². The van der Waals surface area contributed by atoms with Gasteiger partial charge in [-0.15, -0.1) is 0 Å². The zero-order valence-electron chi connectivity index (χ0n) is 58.6. The number of H-pyrrole nitrogens is 6. The summed E-state index contributed by atoms with van der Waals surface area (Å²) in [6, 6.07) is 26.7. The summed E-state index contributed by atoms with van der Waals surface area (Å²) in [4.78, 5) is 164. The Hall–Kier alpha value is -12.9. The van der Waals surface area contributed by atoms with E-state index in [4.69, 9.17) is 5.73 Å². The van der Waals surface area contributed by atoms with Crippen LogP contribution in [0.1, 0.15) is 33.4 Å². The maximum absolute atomic E-state index is 15.6. The molecular weight excluding hydrogens is 1400 g/mol. The van der Waals surface area contributed by atoms with Crippen molar-refractivity contribution in [2.75, 3.05) is 26.4 Å². The van der Waals surface area contributed by atoms with Gasteiger partial charge < -0.3 is 109 Å². The van der Waals surface area contributed by atoms with Crippen LogP contribution in [0.5, 0.6) is 0 Å². The van der Waals surface area contributed by atoms with Gasteiger partial charge in [0.05, 0.1) is 26.4 Å². The van der Waals surface area contributed by atoms with E-state index in [1.807, 2.05) is 54.6 Å². The summed E-state index contributed by atoms with van der Waals surface area (Å²) >= 11 is 0. The lowest BCUT2D eigenvalue weighted by Gasteiger charge is -2.28. The Morgan fingerprint density at radius 1 is 0.257 bits per heavy atom. The molecule has 0 unspecified atom stereocenters. The molecule has 0 saturated heterocycles. The second kappa shape index (κ2) is 34.5. The first-order valence-corrected chi connectivity index (χ1v) is 35.2. The predicted molar refractivity (Wildman–Crippen MR) is 403 cm³/mol. The first kappa shape index (κ1) is 75.7. The predicted octanol–water partition coefficient (Wildman–Crippen LogP) is 1.07. The maximum Gasteiger partial charge on any atom is 0.326 e. The minimum absolute atomic E-state index is 0.136. The van der Waals surface area contributed by atoms with Gasteiger partial charge in [0.1, 0.15) is 60.4 Å². The highest BCUT2D eigenvalue weighted by Gasteiger charge is 2.38. The number of aliphatic hydroxyl groups excluding tert-OH is 4. The largest absolute Gasteiger partial charge is 0.480 e. The molecule has 0 aliphatic heterocycles. The fraction of sp³-hybridized carbons (Fsp3) is 0.256. The lowest BCUT2D eigenvalue weighted by molar-refractivity contribution is -0.142. The van der Waals surface area contributed by atoms with E-state index in [2.05, 4.69) is 77.8 Å². The summed E-state index contributed by atoms with van der Waals surface area (Å²) in [5.74, 6) is -10.5. The van der Waals surface area contributed by atoms with E-state index in [0.717, 1.165) is 16.4 Å². The molecule has 9 amide bonds. The van der Waals surface area contributed by atoms with Gasteiger partial charge >= 0.3 is 5.97 Å². The average molecular weight is 1480 g/mol. The number of rotatable bonds is 35. The fourth-order valence-electron chi connectivity index (χ4n) is 13.5. The van der Waals surface area contributed by atoms with Crippen LogP contribution in [0.3, 0.4) is 0 Å². The standard InChI is InChI=1S/C78H82N16O15/c79-53(37-95)69(99)92-66(38-96)77(107)94-68(40-98)76(106)90-62(27-43-33-82-56-21-9-3-15-49(43)56)72(102)88-64(29-45-35-84-58-23-11-5-17-51(45)58)74(104)93-67(39-97)75(105)89-61(26-42-32-81-55-20-8-2-14-48(42)55)71(101)86-60(25-41-31-80-54-19-7-1-13-47(41)54)70(100)87-63(28-44-34-83-57-22-10-4-16-50(44)57)73(103)91-65(78(108)109)30-46-36-85-59-24-12-6-18-52(46)59/h1-24,31-36,53,60-68,80-85,95-98H,25-30,37-40,79H2,(H,86,101)(H,87,100)(H,88,102)(H,89,105)(H,90,106)(H,91,103)(H,92,99)(H,93,104)(H,94,107)(H,108,109)/t53-,60-,61-,62-,63-,64-,65-,66-,67-,68-/m0/s1. The van der Waals surface area contributed by atoms with Gasteiger partial charge in [0.15, 0.2) is 0 Å². The Kier molecular flexibility index (Phi) is 24.0. The van der Waals surface area contributed by atoms with Crippen LogP contribution in [0, 0.1) is 0 Å². The molecule has 31 heteroatoms. The van der Waals surface area contributed by atoms with Crippen LogP contribution < -0.4 is 53.6 Å². The third-order valence-electron chi connectivity index (χ3n) is 19.4. The van der Waals surface area contributed by atoms with Crippen molar-refractivity contribution in [2.45, 2.75) is 98.9 Å². The minimum Gasteiger partial charge on any atom is -0.480 e. The van der Waals surface area contributed by atoms with E-state index in [9.17, 15) is 49.5 Å². The maximum atomic E-state index is 15.6. The molecule has 6 aromatic carbocycles. The zero-order chi connectivity index (χ0) is 76.8. The summed E-state index contributed by atoms with van der Waals surface area (Å²) in [5.41, 5.74) is 13.0. The number of aliphatic carboxylic acids is 1. The number of nitrogens with one attached hydrogen (secondary N) is 15. The molecule has 31 nitrogen and oxygen atoms in total. The number of carbonyl (C=O) groups excluding carboxylic acids is 9. The van der Waals surface area contributed by atoms with Crippen LogP contribution in [-0.2, 0) is 86.5 Å². The van der Waals surface area contributed by atoms with E-state index in [-0.39, 0.29) is 38.5 Å². The number of aromatic amines is 6. The number of aromatic nitrogens is 6. The van der Waals surface area contributed by atoms with Gasteiger partial charge in [0, 0.05) is 141 Å². The van der Waals surface area contributed by atoms with Gasteiger partial charge in [-0.1, -0.05) is 109 Å². The summed E-state index contributed by atoms with van der Waals surface area (Å²) in [6.07, 6.45) is 8.49. The monoisotopic (exact) mass is 1480 g/mol. The van der Waals surface area contributed by atoms with Crippen LogP contribution in [0.4, 0.5) is 0 Å². The lowest BCUT2D eigenvalue weighted by atomic mass is 9.99. The lowest BCUT2D eigenvalue weighted by Crippen LogP contribution is -2.62. The number of nitrogens with two attached hydrogens (primary N) is 1. The van der Waals surface area contributed by atoms with E-state index in [0.29, 0.717) is 82.4 Å². The topological polar surface area (TPSA) is 501 Å². The second-order valence-corrected chi connectivity index (χ2v) is 26.6. The highest BCUT2D eigenvalue weighted by Crippen LogP contribution is 2.26. The number of amides is 9. The number of carboxylic acid groups (broad SMARTS) is 1. The molecule has 0 aliphatic carbocycles. The quantitative estimate of drug-likeness (QED) is 0.0264. The molecule has 6 aromatic heterocycles. The van der Waals surface area contributed by atoms with Gasteiger partial charge in [0.25, 0.3) is 0 Å². The number of fused-ring (bicyclic) bond motifs is 6. The molecule has 12 aromatic rings. The first-order valence-electron chi connectivity index (χ1n) is 35.2. The molecular formula is C78H82N16O15.